The molecule has 0 atom stereocenters. The van der Waals surface area contributed by atoms with E-state index < -0.39 is 0 Å². The fourth-order valence-corrected chi connectivity index (χ4v) is 2.80. The molecule has 0 fully saturated rings. The van der Waals surface area contributed by atoms with E-state index in [-0.39, 0.29) is 0 Å². The predicted octanol–water partition coefficient (Wildman–Crippen LogP) is 3.03. The van der Waals surface area contributed by atoms with Gasteiger partial charge in [0.15, 0.2) is 5.82 Å². The molecule has 2 heterocycles. The summed E-state index contributed by atoms with van der Waals surface area (Å²) < 4.78 is 5.89. The lowest BCUT2D eigenvalue weighted by molar-refractivity contribution is 0.178. The zero-order valence-corrected chi connectivity index (χ0v) is 13.0. The molecule has 0 aliphatic rings. The SMILES string of the molecule is CNc1cc(NCCc2ccc(Cl)s2)nc(COC)n1. The molecule has 0 radical (unpaired) electrons. The van der Waals surface area contributed by atoms with Gasteiger partial charge in [-0.15, -0.1) is 11.3 Å². The van der Waals surface area contributed by atoms with Crippen LogP contribution in [0.5, 0.6) is 0 Å². The van der Waals surface area contributed by atoms with E-state index >= 15 is 0 Å². The van der Waals surface area contributed by atoms with Crippen LogP contribution in [0.4, 0.5) is 11.6 Å². The maximum absolute atomic E-state index is 5.91. The van der Waals surface area contributed by atoms with Gasteiger partial charge in [0.1, 0.15) is 18.2 Å². The minimum atomic E-state index is 0.394. The number of aromatic nitrogens is 2. The summed E-state index contributed by atoms with van der Waals surface area (Å²) in [6.07, 6.45) is 0.913. The quantitative estimate of drug-likeness (QED) is 0.823. The van der Waals surface area contributed by atoms with Gasteiger partial charge in [0, 0.05) is 31.6 Å². The molecule has 0 bridgehead atoms. The fraction of sp³-hybridized carbons (Fsp3) is 0.385. The van der Waals surface area contributed by atoms with E-state index in [4.69, 9.17) is 16.3 Å². The highest BCUT2D eigenvalue weighted by Gasteiger charge is 2.04. The molecule has 5 nitrogen and oxygen atoms in total. The number of methoxy groups -OCH3 is 1. The van der Waals surface area contributed by atoms with Gasteiger partial charge in [-0.05, 0) is 18.6 Å². The van der Waals surface area contributed by atoms with Crippen molar-refractivity contribution in [2.24, 2.45) is 0 Å². The van der Waals surface area contributed by atoms with Crippen molar-refractivity contribution >= 4 is 34.6 Å². The van der Waals surface area contributed by atoms with Gasteiger partial charge in [-0.1, -0.05) is 11.6 Å². The Labute approximate surface area is 127 Å². The van der Waals surface area contributed by atoms with E-state index in [9.17, 15) is 0 Å². The summed E-state index contributed by atoms with van der Waals surface area (Å²) in [5.74, 6) is 2.22. The first kappa shape index (κ1) is 15.0. The number of nitrogens with one attached hydrogen (secondary N) is 2. The van der Waals surface area contributed by atoms with Crippen molar-refractivity contribution in [2.45, 2.75) is 13.0 Å². The molecular formula is C13H17ClN4OS. The number of hydrogen-bond donors (Lipinski definition) is 2. The molecule has 0 aromatic carbocycles. The Morgan fingerprint density at radius 1 is 1.30 bits per heavy atom. The average Bonchev–Trinajstić information content (AvgIpc) is 2.84. The Balaban J connectivity index is 1.95. The average molecular weight is 313 g/mol. The lowest BCUT2D eigenvalue weighted by Gasteiger charge is -2.09. The third-order valence-electron chi connectivity index (χ3n) is 2.61. The van der Waals surface area contributed by atoms with Gasteiger partial charge in [0.25, 0.3) is 0 Å². The van der Waals surface area contributed by atoms with Crippen molar-refractivity contribution in [1.29, 1.82) is 0 Å². The van der Waals surface area contributed by atoms with E-state index in [2.05, 4.69) is 20.6 Å². The van der Waals surface area contributed by atoms with Gasteiger partial charge in [0.05, 0.1) is 4.34 Å². The largest absolute Gasteiger partial charge is 0.377 e. The monoisotopic (exact) mass is 312 g/mol. The molecule has 0 saturated heterocycles. The maximum Gasteiger partial charge on any atom is 0.158 e. The van der Waals surface area contributed by atoms with Crippen LogP contribution in [0.1, 0.15) is 10.7 Å². The number of halogens is 1. The third-order valence-corrected chi connectivity index (χ3v) is 3.90. The number of nitrogens with zero attached hydrogens (tertiary/aromatic N) is 2. The molecule has 2 aromatic heterocycles. The van der Waals surface area contributed by atoms with Gasteiger partial charge >= 0.3 is 0 Å². The van der Waals surface area contributed by atoms with Crippen molar-refractivity contribution < 1.29 is 4.74 Å². The molecule has 0 amide bonds. The zero-order chi connectivity index (χ0) is 14.4. The molecule has 20 heavy (non-hydrogen) atoms. The summed E-state index contributed by atoms with van der Waals surface area (Å²) in [4.78, 5) is 9.96. The molecule has 0 spiro atoms. The summed E-state index contributed by atoms with van der Waals surface area (Å²) in [5, 5.41) is 6.31. The molecular weight excluding hydrogens is 296 g/mol. The summed E-state index contributed by atoms with van der Waals surface area (Å²) >= 11 is 7.51. The van der Waals surface area contributed by atoms with Crippen molar-refractivity contribution in [1.82, 2.24) is 9.97 Å². The summed E-state index contributed by atoms with van der Waals surface area (Å²) in [6.45, 7) is 1.19. The van der Waals surface area contributed by atoms with E-state index in [0.29, 0.717) is 12.4 Å². The highest BCUT2D eigenvalue weighted by Crippen LogP contribution is 2.21. The summed E-state index contributed by atoms with van der Waals surface area (Å²) in [5.41, 5.74) is 0. The van der Waals surface area contributed by atoms with Crippen LogP contribution in [0.2, 0.25) is 4.34 Å². The molecule has 108 valence electrons. The third kappa shape index (κ3) is 4.33. The Morgan fingerprint density at radius 2 is 2.10 bits per heavy atom. The molecule has 2 aromatic rings. The topological polar surface area (TPSA) is 59.1 Å². The van der Waals surface area contributed by atoms with Crippen LogP contribution >= 0.6 is 22.9 Å². The van der Waals surface area contributed by atoms with Gasteiger partial charge in [-0.3, -0.25) is 0 Å². The first-order valence-corrected chi connectivity index (χ1v) is 7.43. The van der Waals surface area contributed by atoms with E-state index in [0.717, 1.165) is 28.9 Å². The van der Waals surface area contributed by atoms with Crippen molar-refractivity contribution in [3.8, 4) is 0 Å². The first-order valence-electron chi connectivity index (χ1n) is 6.24. The molecule has 0 aliphatic carbocycles. The number of hydrogen-bond acceptors (Lipinski definition) is 6. The molecule has 2 rings (SSSR count). The highest BCUT2D eigenvalue weighted by atomic mass is 35.5. The highest BCUT2D eigenvalue weighted by molar-refractivity contribution is 7.16. The normalized spacial score (nSPS) is 10.6. The smallest absolute Gasteiger partial charge is 0.158 e. The molecule has 7 heteroatoms. The van der Waals surface area contributed by atoms with E-state index in [1.807, 2.05) is 25.2 Å². The summed E-state index contributed by atoms with van der Waals surface area (Å²) in [6, 6.07) is 5.84. The lowest BCUT2D eigenvalue weighted by Crippen LogP contribution is -2.09. The summed E-state index contributed by atoms with van der Waals surface area (Å²) in [7, 11) is 3.46. The molecule has 2 N–H and O–H groups in total. The number of thiophene rings is 1. The second kappa shape index (κ2) is 7.42. The van der Waals surface area contributed by atoms with Gasteiger partial charge < -0.3 is 15.4 Å². The zero-order valence-electron chi connectivity index (χ0n) is 11.4. The van der Waals surface area contributed by atoms with Crippen molar-refractivity contribution in [3.05, 3.63) is 33.2 Å². The number of rotatable bonds is 7. The predicted molar refractivity (Wildman–Crippen MR) is 83.8 cm³/mol. The second-order valence-electron chi connectivity index (χ2n) is 4.12. The number of ether oxygens (including phenoxy) is 1. The van der Waals surface area contributed by atoms with E-state index in [1.54, 1.807) is 18.4 Å². The van der Waals surface area contributed by atoms with Gasteiger partial charge in [-0.25, -0.2) is 9.97 Å². The van der Waals surface area contributed by atoms with Crippen molar-refractivity contribution in [2.75, 3.05) is 31.3 Å². The Hall–Kier alpha value is -1.37. The first-order chi connectivity index (χ1) is 9.71. The Kier molecular flexibility index (Phi) is 5.58. The van der Waals surface area contributed by atoms with Crippen LogP contribution in [0.15, 0.2) is 18.2 Å². The maximum atomic E-state index is 5.91. The Morgan fingerprint density at radius 3 is 2.75 bits per heavy atom. The minimum Gasteiger partial charge on any atom is -0.377 e. The van der Waals surface area contributed by atoms with Crippen LogP contribution in [0.3, 0.4) is 0 Å². The van der Waals surface area contributed by atoms with Crippen LogP contribution in [0, 0.1) is 0 Å². The Bertz CT molecular complexity index is 561. The molecule has 0 aliphatic heterocycles. The van der Waals surface area contributed by atoms with Gasteiger partial charge in [-0.2, -0.15) is 0 Å². The van der Waals surface area contributed by atoms with Crippen molar-refractivity contribution in [3.63, 3.8) is 0 Å². The standard InChI is InChI=1S/C13H17ClN4OS/c1-15-11-7-12(18-13(17-11)8-19-2)16-6-5-9-3-4-10(14)20-9/h3-4,7H,5-6,8H2,1-2H3,(H2,15,16,17,18). The molecule has 0 unspecified atom stereocenters. The minimum absolute atomic E-state index is 0.394. The number of anilines is 2. The molecule has 0 saturated carbocycles. The fourth-order valence-electron chi connectivity index (χ4n) is 1.71. The van der Waals surface area contributed by atoms with Gasteiger partial charge in [0.2, 0.25) is 0 Å². The van der Waals surface area contributed by atoms with E-state index in [1.165, 1.54) is 4.88 Å². The van der Waals surface area contributed by atoms with Crippen LogP contribution in [0.25, 0.3) is 0 Å². The van der Waals surface area contributed by atoms with Crippen LogP contribution in [-0.4, -0.2) is 30.7 Å². The van der Waals surface area contributed by atoms with Crippen LogP contribution in [-0.2, 0) is 17.8 Å². The lowest BCUT2D eigenvalue weighted by atomic mass is 10.3. The second-order valence-corrected chi connectivity index (χ2v) is 5.92. The van der Waals surface area contributed by atoms with Crippen LogP contribution < -0.4 is 10.6 Å².